The van der Waals surface area contributed by atoms with E-state index < -0.39 is 30.9 Å². The first kappa shape index (κ1) is 21.0. The molecule has 0 atom stereocenters. The molecular formula is C19H26BNO6. The maximum absolute atomic E-state index is 11.4. The number of carboxylic acids is 1. The second-order valence-corrected chi connectivity index (χ2v) is 7.47. The van der Waals surface area contributed by atoms with E-state index in [1.165, 1.54) is 6.92 Å². The van der Waals surface area contributed by atoms with Crippen molar-refractivity contribution in [1.29, 1.82) is 0 Å². The van der Waals surface area contributed by atoms with Crippen molar-refractivity contribution < 1.29 is 28.7 Å². The van der Waals surface area contributed by atoms with Crippen molar-refractivity contribution >= 4 is 25.1 Å². The lowest BCUT2D eigenvalue weighted by molar-refractivity contribution is -0.139. The Bertz CT molecular complexity index is 710. The molecule has 27 heavy (non-hydrogen) atoms. The average molecular weight is 375 g/mol. The lowest BCUT2D eigenvalue weighted by Gasteiger charge is -2.32. The third kappa shape index (κ3) is 5.58. The lowest BCUT2D eigenvalue weighted by Crippen LogP contribution is -2.41. The number of ether oxygens (including phenoxy) is 1. The molecule has 8 heteroatoms. The maximum Gasteiger partial charge on any atom is 0.492 e. The van der Waals surface area contributed by atoms with Crippen LogP contribution in [0.15, 0.2) is 29.7 Å². The highest BCUT2D eigenvalue weighted by molar-refractivity contribution is 6.56. The number of carbonyl (C=O) groups is 2. The molecule has 0 radical (unpaired) electrons. The molecule has 1 aliphatic heterocycles. The highest BCUT2D eigenvalue weighted by Crippen LogP contribution is 2.38. The highest BCUT2D eigenvalue weighted by atomic mass is 16.7. The first-order valence-electron chi connectivity index (χ1n) is 8.75. The molecule has 1 amide bonds. The van der Waals surface area contributed by atoms with Crippen LogP contribution in [0, 0.1) is 0 Å². The summed E-state index contributed by atoms with van der Waals surface area (Å²) in [5, 5.41) is 11.4. The van der Waals surface area contributed by atoms with E-state index in [0.717, 1.165) is 11.0 Å². The van der Waals surface area contributed by atoms with Gasteiger partial charge in [-0.15, -0.1) is 0 Å². The molecule has 0 saturated carbocycles. The zero-order chi connectivity index (χ0) is 20.2. The van der Waals surface area contributed by atoms with Gasteiger partial charge in [-0.3, -0.25) is 4.79 Å². The summed E-state index contributed by atoms with van der Waals surface area (Å²) in [5.74, 6) is -0.708. The second kappa shape index (κ2) is 8.14. The van der Waals surface area contributed by atoms with Gasteiger partial charge in [-0.25, -0.2) is 4.79 Å². The maximum atomic E-state index is 11.4. The van der Waals surface area contributed by atoms with Gasteiger partial charge in [0.15, 0.2) is 6.61 Å². The van der Waals surface area contributed by atoms with Gasteiger partial charge >= 0.3 is 13.1 Å². The van der Waals surface area contributed by atoms with Crippen LogP contribution in [0.4, 0.5) is 0 Å². The van der Waals surface area contributed by atoms with E-state index >= 15 is 0 Å². The monoisotopic (exact) mass is 375 g/mol. The van der Waals surface area contributed by atoms with E-state index in [1.54, 1.807) is 24.3 Å². The smallest absolute Gasteiger partial charge is 0.482 e. The van der Waals surface area contributed by atoms with Gasteiger partial charge in [-0.2, -0.15) is 0 Å². The molecule has 0 bridgehead atoms. The Hall–Kier alpha value is -2.32. The number of nitrogens with one attached hydrogen (secondary N) is 1. The van der Waals surface area contributed by atoms with Crippen LogP contribution in [0.25, 0.3) is 6.08 Å². The van der Waals surface area contributed by atoms with Gasteiger partial charge in [0.25, 0.3) is 0 Å². The van der Waals surface area contributed by atoms with E-state index in [4.69, 9.17) is 19.2 Å². The average Bonchev–Trinajstić information content (AvgIpc) is 2.78. The summed E-state index contributed by atoms with van der Waals surface area (Å²) in [5.41, 5.74) is 0.666. The Kier molecular flexibility index (Phi) is 6.33. The molecule has 2 rings (SSSR count). The van der Waals surface area contributed by atoms with Crippen molar-refractivity contribution in [2.75, 3.05) is 13.2 Å². The van der Waals surface area contributed by atoms with Gasteiger partial charge in [-0.05, 0) is 50.9 Å². The SMILES string of the molecule is CC(=O)NCC(=Cc1ccc(OCC(=O)O)cc1)B1OC(C)(C)C(C)(C)O1. The quantitative estimate of drug-likeness (QED) is 0.711. The minimum atomic E-state index is -1.03. The van der Waals surface area contributed by atoms with Crippen molar-refractivity contribution in [3.8, 4) is 5.75 Å². The molecule has 1 aromatic rings. The van der Waals surface area contributed by atoms with Gasteiger partial charge in [0.1, 0.15) is 5.75 Å². The molecule has 1 fully saturated rings. The van der Waals surface area contributed by atoms with Gasteiger partial charge in [0.2, 0.25) is 5.91 Å². The first-order chi connectivity index (χ1) is 12.5. The van der Waals surface area contributed by atoms with Crippen LogP contribution in [-0.2, 0) is 18.9 Å². The summed E-state index contributed by atoms with van der Waals surface area (Å²) in [7, 11) is -0.579. The summed E-state index contributed by atoms with van der Waals surface area (Å²) in [6.45, 7) is 9.24. The van der Waals surface area contributed by atoms with Crippen molar-refractivity contribution in [3.63, 3.8) is 0 Å². The van der Waals surface area contributed by atoms with Crippen molar-refractivity contribution in [3.05, 3.63) is 35.3 Å². The number of hydrogen-bond donors (Lipinski definition) is 2. The zero-order valence-electron chi connectivity index (χ0n) is 16.4. The van der Waals surface area contributed by atoms with Gasteiger partial charge < -0.3 is 24.5 Å². The minimum Gasteiger partial charge on any atom is -0.482 e. The van der Waals surface area contributed by atoms with Crippen LogP contribution >= 0.6 is 0 Å². The van der Waals surface area contributed by atoms with Crippen molar-refractivity contribution in [2.45, 2.75) is 45.8 Å². The van der Waals surface area contributed by atoms with Gasteiger partial charge in [0, 0.05) is 13.5 Å². The molecule has 7 nitrogen and oxygen atoms in total. The van der Waals surface area contributed by atoms with Crippen LogP contribution < -0.4 is 10.1 Å². The fourth-order valence-electron chi connectivity index (χ4n) is 2.44. The van der Waals surface area contributed by atoms with E-state index in [0.29, 0.717) is 12.3 Å². The van der Waals surface area contributed by atoms with Crippen molar-refractivity contribution in [1.82, 2.24) is 5.32 Å². The Morgan fingerprint density at radius 2 is 1.70 bits per heavy atom. The molecule has 1 heterocycles. The summed E-state index contributed by atoms with van der Waals surface area (Å²) in [6.07, 6.45) is 1.89. The molecule has 0 aromatic heterocycles. The topological polar surface area (TPSA) is 94.1 Å². The Morgan fingerprint density at radius 3 is 2.19 bits per heavy atom. The summed E-state index contributed by atoms with van der Waals surface area (Å²) >= 11 is 0. The van der Waals surface area contributed by atoms with Crippen molar-refractivity contribution in [2.24, 2.45) is 0 Å². The van der Waals surface area contributed by atoms with Crippen LogP contribution in [0.2, 0.25) is 0 Å². The highest BCUT2D eigenvalue weighted by Gasteiger charge is 2.52. The fraction of sp³-hybridized carbons (Fsp3) is 0.474. The third-order valence-corrected chi connectivity index (χ3v) is 4.69. The minimum absolute atomic E-state index is 0.144. The summed E-state index contributed by atoms with van der Waals surface area (Å²) < 4.78 is 17.3. The summed E-state index contributed by atoms with van der Waals surface area (Å²) in [6, 6.07) is 6.98. The normalized spacial score (nSPS) is 18.3. The molecule has 1 saturated heterocycles. The van der Waals surface area contributed by atoms with Crippen LogP contribution in [-0.4, -0.2) is 48.5 Å². The molecular weight excluding hydrogens is 349 g/mol. The van der Waals surface area contributed by atoms with Gasteiger partial charge in [-0.1, -0.05) is 18.2 Å². The fourth-order valence-corrected chi connectivity index (χ4v) is 2.44. The first-order valence-corrected chi connectivity index (χ1v) is 8.75. The van der Waals surface area contributed by atoms with Crippen LogP contribution in [0.3, 0.4) is 0 Å². The number of aliphatic carboxylic acids is 1. The Balaban J connectivity index is 2.21. The molecule has 1 aliphatic rings. The largest absolute Gasteiger partial charge is 0.492 e. The Morgan fingerprint density at radius 1 is 1.15 bits per heavy atom. The molecule has 0 spiro atoms. The zero-order valence-corrected chi connectivity index (χ0v) is 16.4. The summed E-state index contributed by atoms with van der Waals surface area (Å²) in [4.78, 5) is 21.9. The molecule has 1 aromatic carbocycles. The second-order valence-electron chi connectivity index (χ2n) is 7.47. The predicted octanol–water partition coefficient (Wildman–Crippen LogP) is 2.30. The van der Waals surface area contributed by atoms with Gasteiger partial charge in [0.05, 0.1) is 11.2 Å². The van der Waals surface area contributed by atoms with E-state index in [2.05, 4.69) is 5.32 Å². The van der Waals surface area contributed by atoms with E-state index in [-0.39, 0.29) is 5.91 Å². The van der Waals surface area contributed by atoms with E-state index in [9.17, 15) is 9.59 Å². The molecule has 146 valence electrons. The number of rotatable bonds is 7. The molecule has 0 aliphatic carbocycles. The predicted molar refractivity (Wildman–Crippen MR) is 102 cm³/mol. The number of benzene rings is 1. The number of hydrogen-bond acceptors (Lipinski definition) is 5. The van der Waals surface area contributed by atoms with E-state index in [1.807, 2.05) is 33.8 Å². The lowest BCUT2D eigenvalue weighted by atomic mass is 9.77. The number of carboxylic acid groups (broad SMARTS) is 1. The molecule has 0 unspecified atom stereocenters. The molecule has 2 N–H and O–H groups in total. The third-order valence-electron chi connectivity index (χ3n) is 4.69. The standard InChI is InChI=1S/C19H26BNO6/c1-13(22)21-11-15(20-26-18(2,3)19(4,5)27-20)10-14-6-8-16(9-7-14)25-12-17(23)24/h6-10H,11-12H2,1-5H3,(H,21,22)(H,23,24). The Labute approximate surface area is 159 Å². The van der Waals surface area contributed by atoms with Crippen LogP contribution in [0.5, 0.6) is 5.75 Å². The number of carbonyl (C=O) groups excluding carboxylic acids is 1. The van der Waals surface area contributed by atoms with Crippen LogP contribution in [0.1, 0.15) is 40.2 Å². The number of amides is 1.